The number of carbonyl (C=O) groups excluding carboxylic acids is 1. The number of hydrogen-bond acceptors (Lipinski definition) is 6. The fourth-order valence-corrected chi connectivity index (χ4v) is 6.52. The van der Waals surface area contributed by atoms with Gasteiger partial charge in [-0.3, -0.25) is 13.8 Å². The summed E-state index contributed by atoms with van der Waals surface area (Å²) in [6, 6.07) is -0.806. The highest BCUT2D eigenvalue weighted by Gasteiger charge is 2.27. The molecule has 8 nitrogen and oxygen atoms in total. The summed E-state index contributed by atoms with van der Waals surface area (Å²) in [6.45, 7) is 4.04. The SMILES string of the molecule is CC/C=C\C/C=C\C/C=C\C/C=C\C/C=C\CCCC(=O)NC(COP(=O)(O)OCCN)C(O)CCCCCCCCCCCCCCCCCC. The Hall–Kier alpha value is -1.80. The van der Waals surface area contributed by atoms with E-state index in [1.165, 1.54) is 83.5 Å². The van der Waals surface area contributed by atoms with Gasteiger partial charge in [0.2, 0.25) is 5.91 Å². The Morgan fingerprint density at radius 1 is 0.654 bits per heavy atom. The molecule has 0 bridgehead atoms. The summed E-state index contributed by atoms with van der Waals surface area (Å²) in [4.78, 5) is 22.7. The van der Waals surface area contributed by atoms with Crippen LogP contribution in [0.5, 0.6) is 0 Å². The second-order valence-electron chi connectivity index (χ2n) is 13.8. The van der Waals surface area contributed by atoms with Gasteiger partial charge in [0, 0.05) is 13.0 Å². The van der Waals surface area contributed by atoms with Gasteiger partial charge in [-0.05, 0) is 51.4 Å². The number of nitrogens with one attached hydrogen (secondary N) is 1. The molecule has 0 spiro atoms. The molecule has 0 saturated carbocycles. The Kier molecular flexibility index (Phi) is 37.6. The average molecular weight is 751 g/mol. The maximum absolute atomic E-state index is 12.7. The first kappa shape index (κ1) is 50.2. The first-order chi connectivity index (χ1) is 25.4. The van der Waals surface area contributed by atoms with Crippen LogP contribution in [0.3, 0.4) is 0 Å². The van der Waals surface area contributed by atoms with Crippen LogP contribution >= 0.6 is 7.82 Å². The zero-order valence-corrected chi connectivity index (χ0v) is 34.2. The summed E-state index contributed by atoms with van der Waals surface area (Å²) >= 11 is 0. The van der Waals surface area contributed by atoms with E-state index < -0.39 is 20.0 Å². The number of aliphatic hydroxyl groups is 1. The van der Waals surface area contributed by atoms with E-state index in [2.05, 4.69) is 79.9 Å². The first-order valence-electron chi connectivity index (χ1n) is 20.9. The highest BCUT2D eigenvalue weighted by Crippen LogP contribution is 2.43. The zero-order valence-electron chi connectivity index (χ0n) is 33.3. The maximum atomic E-state index is 12.7. The molecular formula is C43H79N2O6P. The van der Waals surface area contributed by atoms with Crippen LogP contribution in [0.15, 0.2) is 60.8 Å². The molecule has 0 rings (SSSR count). The van der Waals surface area contributed by atoms with Crippen molar-refractivity contribution in [2.45, 2.75) is 187 Å². The quantitative estimate of drug-likeness (QED) is 0.0281. The standard InChI is InChI=1S/C43H79N2O6P/c1-3-5-7-9-11-13-15-17-19-21-23-25-27-29-31-33-35-37-43(47)45-41(40-51-52(48,49)50-39-38-44)42(46)36-34-32-30-28-26-24-22-20-18-16-14-12-10-8-6-4-2/h5,7,11,13,17,19,23,25,29,31,41-42,46H,3-4,6,8-10,12,14-16,18,20-22,24,26-28,30,32-40,44H2,1-2H3,(H,45,47)(H,48,49)/b7-5-,13-11-,19-17-,25-23-,31-29-. The third kappa shape index (κ3) is 36.6. The van der Waals surface area contributed by atoms with Crippen molar-refractivity contribution in [2.24, 2.45) is 5.73 Å². The Bertz CT molecular complexity index is 996. The molecule has 1 amide bonds. The van der Waals surface area contributed by atoms with Crippen LogP contribution in [-0.4, -0.2) is 47.8 Å². The molecule has 0 aliphatic heterocycles. The number of phosphoric acid groups is 1. The van der Waals surface area contributed by atoms with Gasteiger partial charge in [-0.1, -0.05) is 177 Å². The molecule has 0 heterocycles. The highest BCUT2D eigenvalue weighted by molar-refractivity contribution is 7.47. The summed E-state index contributed by atoms with van der Waals surface area (Å²) in [7, 11) is -4.33. The van der Waals surface area contributed by atoms with Crippen molar-refractivity contribution in [1.29, 1.82) is 0 Å². The largest absolute Gasteiger partial charge is 0.472 e. The van der Waals surface area contributed by atoms with Gasteiger partial charge in [0.25, 0.3) is 0 Å². The Balaban J connectivity index is 4.31. The van der Waals surface area contributed by atoms with Gasteiger partial charge in [0.15, 0.2) is 0 Å². The van der Waals surface area contributed by atoms with Crippen LogP contribution in [0.25, 0.3) is 0 Å². The molecule has 0 aromatic heterocycles. The summed E-state index contributed by atoms with van der Waals surface area (Å²) < 4.78 is 22.1. The van der Waals surface area contributed by atoms with Crippen molar-refractivity contribution in [1.82, 2.24) is 5.32 Å². The zero-order chi connectivity index (χ0) is 38.2. The number of unbranched alkanes of at least 4 members (excludes halogenated alkanes) is 16. The Morgan fingerprint density at radius 3 is 1.56 bits per heavy atom. The lowest BCUT2D eigenvalue weighted by molar-refractivity contribution is -0.123. The monoisotopic (exact) mass is 751 g/mol. The third-order valence-electron chi connectivity index (χ3n) is 8.89. The molecule has 0 radical (unpaired) electrons. The van der Waals surface area contributed by atoms with E-state index in [4.69, 9.17) is 14.8 Å². The third-order valence-corrected chi connectivity index (χ3v) is 9.87. The molecule has 52 heavy (non-hydrogen) atoms. The number of carbonyl (C=O) groups is 1. The van der Waals surface area contributed by atoms with Crippen molar-refractivity contribution < 1.29 is 28.4 Å². The first-order valence-corrected chi connectivity index (χ1v) is 22.4. The number of nitrogens with two attached hydrogens (primary N) is 1. The topological polar surface area (TPSA) is 131 Å². The number of amides is 1. The van der Waals surface area contributed by atoms with Gasteiger partial charge < -0.3 is 21.1 Å². The van der Waals surface area contributed by atoms with Gasteiger partial charge in [-0.2, -0.15) is 0 Å². The van der Waals surface area contributed by atoms with Crippen molar-refractivity contribution in [3.8, 4) is 0 Å². The van der Waals surface area contributed by atoms with Crippen LogP contribution in [0.1, 0.15) is 174 Å². The molecule has 302 valence electrons. The van der Waals surface area contributed by atoms with Crippen LogP contribution in [0, 0.1) is 0 Å². The fourth-order valence-electron chi connectivity index (χ4n) is 5.76. The average Bonchev–Trinajstić information content (AvgIpc) is 3.13. The number of allylic oxidation sites excluding steroid dienone is 10. The summed E-state index contributed by atoms with van der Waals surface area (Å²) in [5.74, 6) is -0.220. The molecule has 0 aliphatic rings. The molecular weight excluding hydrogens is 671 g/mol. The molecule has 3 atom stereocenters. The number of phosphoric ester groups is 1. The van der Waals surface area contributed by atoms with Gasteiger partial charge in [-0.15, -0.1) is 0 Å². The smallest absolute Gasteiger partial charge is 0.391 e. The number of aliphatic hydroxyl groups excluding tert-OH is 1. The van der Waals surface area contributed by atoms with E-state index in [1.54, 1.807) is 0 Å². The predicted octanol–water partition coefficient (Wildman–Crippen LogP) is 11.5. The number of rotatable bonds is 38. The molecule has 0 aromatic carbocycles. The van der Waals surface area contributed by atoms with Gasteiger partial charge in [-0.25, -0.2) is 4.57 Å². The lowest BCUT2D eigenvalue weighted by Crippen LogP contribution is -2.46. The van der Waals surface area contributed by atoms with E-state index in [0.717, 1.165) is 57.8 Å². The van der Waals surface area contributed by atoms with E-state index in [9.17, 15) is 19.4 Å². The van der Waals surface area contributed by atoms with Crippen LogP contribution in [0.2, 0.25) is 0 Å². The minimum Gasteiger partial charge on any atom is -0.391 e. The van der Waals surface area contributed by atoms with Crippen LogP contribution < -0.4 is 11.1 Å². The minimum absolute atomic E-state index is 0.0772. The molecule has 0 fully saturated rings. The molecule has 3 unspecified atom stereocenters. The van der Waals surface area contributed by atoms with Crippen molar-refractivity contribution in [3.05, 3.63) is 60.8 Å². The summed E-state index contributed by atoms with van der Waals surface area (Å²) in [5.41, 5.74) is 5.37. The van der Waals surface area contributed by atoms with Gasteiger partial charge in [0.05, 0.1) is 25.4 Å². The Morgan fingerprint density at radius 2 is 1.10 bits per heavy atom. The van der Waals surface area contributed by atoms with Crippen LogP contribution in [-0.2, 0) is 18.4 Å². The van der Waals surface area contributed by atoms with E-state index in [-0.39, 0.29) is 32.1 Å². The van der Waals surface area contributed by atoms with E-state index >= 15 is 0 Å². The minimum atomic E-state index is -4.33. The molecule has 0 saturated heterocycles. The van der Waals surface area contributed by atoms with Crippen molar-refractivity contribution in [3.63, 3.8) is 0 Å². The Labute approximate surface area is 319 Å². The van der Waals surface area contributed by atoms with Gasteiger partial charge in [0.1, 0.15) is 0 Å². The summed E-state index contributed by atoms with van der Waals surface area (Å²) in [6.07, 6.45) is 48.0. The number of hydrogen-bond donors (Lipinski definition) is 4. The van der Waals surface area contributed by atoms with Crippen molar-refractivity contribution in [2.75, 3.05) is 19.8 Å². The predicted molar refractivity (Wildman–Crippen MR) is 221 cm³/mol. The second kappa shape index (κ2) is 38.9. The fraction of sp³-hybridized carbons (Fsp3) is 0.744. The van der Waals surface area contributed by atoms with E-state index in [1.807, 2.05) is 0 Å². The lowest BCUT2D eigenvalue weighted by atomic mass is 10.0. The van der Waals surface area contributed by atoms with Crippen molar-refractivity contribution >= 4 is 13.7 Å². The van der Waals surface area contributed by atoms with Gasteiger partial charge >= 0.3 is 7.82 Å². The molecule has 9 heteroatoms. The van der Waals surface area contributed by atoms with E-state index in [0.29, 0.717) is 12.8 Å². The normalized spacial score (nSPS) is 14.8. The molecule has 0 aromatic rings. The summed E-state index contributed by atoms with van der Waals surface area (Å²) in [5, 5.41) is 13.7. The molecule has 5 N–H and O–H groups in total. The lowest BCUT2D eigenvalue weighted by Gasteiger charge is -2.25. The van der Waals surface area contributed by atoms with Crippen LogP contribution in [0.4, 0.5) is 0 Å². The molecule has 0 aliphatic carbocycles. The maximum Gasteiger partial charge on any atom is 0.472 e. The second-order valence-corrected chi connectivity index (χ2v) is 15.3. The highest BCUT2D eigenvalue weighted by atomic mass is 31.2.